The summed E-state index contributed by atoms with van der Waals surface area (Å²) in [5.41, 5.74) is 7.02. The van der Waals surface area contributed by atoms with Crippen molar-refractivity contribution in [3.05, 3.63) is 29.8 Å². The van der Waals surface area contributed by atoms with Crippen LogP contribution >= 0.6 is 0 Å². The number of hydrogen-bond donors (Lipinski definition) is 2. The molecule has 0 radical (unpaired) electrons. The Morgan fingerprint density at radius 3 is 2.57 bits per heavy atom. The van der Waals surface area contributed by atoms with Crippen LogP contribution in [0.3, 0.4) is 0 Å². The Morgan fingerprint density at radius 1 is 1.50 bits per heavy atom. The molecule has 1 aromatic rings. The van der Waals surface area contributed by atoms with Gasteiger partial charge in [-0.15, -0.1) is 0 Å². The van der Waals surface area contributed by atoms with Gasteiger partial charge in [0, 0.05) is 19.0 Å². The van der Waals surface area contributed by atoms with Gasteiger partial charge in [0.2, 0.25) is 6.29 Å². The van der Waals surface area contributed by atoms with Crippen molar-refractivity contribution in [2.24, 2.45) is 0 Å². The van der Waals surface area contributed by atoms with E-state index in [0.717, 1.165) is 5.56 Å². The summed E-state index contributed by atoms with van der Waals surface area (Å²) in [4.78, 5) is 10.5. The third-order valence-electron chi connectivity index (χ3n) is 1.69. The number of carbonyl (C=O) groups is 1. The van der Waals surface area contributed by atoms with Crippen molar-refractivity contribution < 1.29 is 14.6 Å². The number of benzene rings is 1. The normalized spacial score (nSPS) is 12.1. The SMILES string of the molecule is CC(=O)OC(O)Cc1ccc(N)cc1. The Bertz CT molecular complexity index is 308. The second-order valence-electron chi connectivity index (χ2n) is 3.01. The summed E-state index contributed by atoms with van der Waals surface area (Å²) < 4.78 is 4.57. The maximum absolute atomic E-state index is 10.5. The lowest BCUT2D eigenvalue weighted by Crippen LogP contribution is -2.17. The number of aliphatic hydroxyl groups is 1. The van der Waals surface area contributed by atoms with Crippen LogP contribution in [0, 0.1) is 0 Å². The minimum absolute atomic E-state index is 0.278. The summed E-state index contributed by atoms with van der Waals surface area (Å²) >= 11 is 0. The highest BCUT2D eigenvalue weighted by Crippen LogP contribution is 2.08. The minimum Gasteiger partial charge on any atom is -0.436 e. The number of nitrogen functional groups attached to an aromatic ring is 1. The van der Waals surface area contributed by atoms with E-state index in [4.69, 9.17) is 5.73 Å². The van der Waals surface area contributed by atoms with Crippen LogP contribution in [-0.4, -0.2) is 17.4 Å². The van der Waals surface area contributed by atoms with Crippen molar-refractivity contribution >= 4 is 11.7 Å². The van der Waals surface area contributed by atoms with E-state index < -0.39 is 12.3 Å². The van der Waals surface area contributed by atoms with Gasteiger partial charge in [-0.25, -0.2) is 0 Å². The lowest BCUT2D eigenvalue weighted by Gasteiger charge is -2.10. The molecule has 0 aromatic heterocycles. The summed E-state index contributed by atoms with van der Waals surface area (Å²) in [5.74, 6) is -0.493. The molecule has 0 heterocycles. The predicted molar refractivity (Wildman–Crippen MR) is 52.3 cm³/mol. The Kier molecular flexibility index (Phi) is 3.48. The molecule has 3 N–H and O–H groups in total. The Hall–Kier alpha value is -1.55. The first-order valence-electron chi connectivity index (χ1n) is 4.27. The fraction of sp³-hybridized carbons (Fsp3) is 0.300. The largest absolute Gasteiger partial charge is 0.436 e. The molecule has 4 nitrogen and oxygen atoms in total. The maximum atomic E-state index is 10.5. The van der Waals surface area contributed by atoms with E-state index >= 15 is 0 Å². The van der Waals surface area contributed by atoms with Gasteiger partial charge in [-0.1, -0.05) is 12.1 Å². The Labute approximate surface area is 82.3 Å². The van der Waals surface area contributed by atoms with Crippen LogP contribution < -0.4 is 5.73 Å². The van der Waals surface area contributed by atoms with Gasteiger partial charge in [-0.2, -0.15) is 0 Å². The zero-order valence-corrected chi connectivity index (χ0v) is 7.93. The van der Waals surface area contributed by atoms with Crippen LogP contribution in [0.15, 0.2) is 24.3 Å². The summed E-state index contributed by atoms with van der Waals surface area (Å²) in [7, 11) is 0. The number of anilines is 1. The van der Waals surface area contributed by atoms with Crippen LogP contribution in [0.1, 0.15) is 12.5 Å². The van der Waals surface area contributed by atoms with Crippen molar-refractivity contribution in [3.8, 4) is 0 Å². The van der Waals surface area contributed by atoms with Gasteiger partial charge in [0.25, 0.3) is 0 Å². The van der Waals surface area contributed by atoms with Gasteiger partial charge >= 0.3 is 5.97 Å². The monoisotopic (exact) mass is 195 g/mol. The molecule has 0 amide bonds. The molecule has 0 aliphatic carbocycles. The molecule has 1 rings (SSSR count). The zero-order chi connectivity index (χ0) is 10.6. The number of esters is 1. The first-order chi connectivity index (χ1) is 6.58. The van der Waals surface area contributed by atoms with Crippen LogP contribution in [0.5, 0.6) is 0 Å². The first-order valence-corrected chi connectivity index (χ1v) is 4.27. The topological polar surface area (TPSA) is 72.5 Å². The number of carbonyl (C=O) groups excluding carboxylic acids is 1. The van der Waals surface area contributed by atoms with E-state index in [2.05, 4.69) is 4.74 Å². The van der Waals surface area contributed by atoms with E-state index in [1.54, 1.807) is 24.3 Å². The third kappa shape index (κ3) is 3.45. The zero-order valence-electron chi connectivity index (χ0n) is 7.93. The molecule has 0 aliphatic heterocycles. The first kappa shape index (κ1) is 10.5. The lowest BCUT2D eigenvalue weighted by atomic mass is 10.1. The maximum Gasteiger partial charge on any atom is 0.304 e. The predicted octanol–water partition coefficient (Wildman–Crippen LogP) is 0.693. The van der Waals surface area contributed by atoms with Crippen molar-refractivity contribution in [2.45, 2.75) is 19.6 Å². The molecule has 1 unspecified atom stereocenters. The molecular formula is C10H13NO3. The molecule has 0 fully saturated rings. The number of ether oxygens (including phenoxy) is 1. The second-order valence-corrected chi connectivity index (χ2v) is 3.01. The molecule has 0 saturated heterocycles. The number of hydrogen-bond acceptors (Lipinski definition) is 4. The smallest absolute Gasteiger partial charge is 0.304 e. The highest BCUT2D eigenvalue weighted by molar-refractivity contribution is 5.66. The third-order valence-corrected chi connectivity index (χ3v) is 1.69. The molecule has 4 heteroatoms. The van der Waals surface area contributed by atoms with Crippen LogP contribution in [0.4, 0.5) is 5.69 Å². The average Bonchev–Trinajstić information content (AvgIpc) is 2.07. The molecule has 0 aliphatic rings. The standard InChI is InChI=1S/C10H13NO3/c1-7(12)14-10(13)6-8-2-4-9(11)5-3-8/h2-5,10,13H,6,11H2,1H3. The minimum atomic E-state index is -1.09. The van der Waals surface area contributed by atoms with Gasteiger partial charge in [0.05, 0.1) is 0 Å². The molecule has 1 atom stereocenters. The van der Waals surface area contributed by atoms with Crippen LogP contribution in [0.2, 0.25) is 0 Å². The number of nitrogens with two attached hydrogens (primary N) is 1. The molecule has 0 spiro atoms. The Balaban J connectivity index is 2.51. The number of aliphatic hydroxyl groups excluding tert-OH is 1. The molecule has 0 bridgehead atoms. The molecular weight excluding hydrogens is 182 g/mol. The van der Waals surface area contributed by atoms with Crippen LogP contribution in [-0.2, 0) is 16.0 Å². The fourth-order valence-corrected chi connectivity index (χ4v) is 1.09. The molecule has 1 aromatic carbocycles. The molecule has 0 saturated carbocycles. The van der Waals surface area contributed by atoms with E-state index in [-0.39, 0.29) is 6.42 Å². The number of rotatable bonds is 3. The van der Waals surface area contributed by atoms with Gasteiger partial charge in [0.1, 0.15) is 0 Å². The quantitative estimate of drug-likeness (QED) is 0.423. The van der Waals surface area contributed by atoms with Gasteiger partial charge < -0.3 is 15.6 Å². The van der Waals surface area contributed by atoms with E-state index in [9.17, 15) is 9.90 Å². The Morgan fingerprint density at radius 2 is 2.07 bits per heavy atom. The molecule has 14 heavy (non-hydrogen) atoms. The summed E-state index contributed by atoms with van der Waals surface area (Å²) in [6.07, 6.45) is -0.809. The van der Waals surface area contributed by atoms with Crippen molar-refractivity contribution in [1.29, 1.82) is 0 Å². The van der Waals surface area contributed by atoms with Crippen molar-refractivity contribution in [3.63, 3.8) is 0 Å². The van der Waals surface area contributed by atoms with E-state index in [1.807, 2.05) is 0 Å². The highest BCUT2D eigenvalue weighted by atomic mass is 16.6. The van der Waals surface area contributed by atoms with E-state index in [0.29, 0.717) is 5.69 Å². The van der Waals surface area contributed by atoms with Crippen molar-refractivity contribution in [1.82, 2.24) is 0 Å². The van der Waals surface area contributed by atoms with Gasteiger partial charge in [-0.3, -0.25) is 4.79 Å². The molecule has 76 valence electrons. The van der Waals surface area contributed by atoms with Crippen LogP contribution in [0.25, 0.3) is 0 Å². The lowest BCUT2D eigenvalue weighted by molar-refractivity contribution is -0.164. The summed E-state index contributed by atoms with van der Waals surface area (Å²) in [5, 5.41) is 9.27. The van der Waals surface area contributed by atoms with Crippen molar-refractivity contribution in [2.75, 3.05) is 5.73 Å². The fourth-order valence-electron chi connectivity index (χ4n) is 1.09. The second kappa shape index (κ2) is 4.62. The highest BCUT2D eigenvalue weighted by Gasteiger charge is 2.07. The van der Waals surface area contributed by atoms with E-state index in [1.165, 1.54) is 6.92 Å². The summed E-state index contributed by atoms with van der Waals surface area (Å²) in [6.45, 7) is 1.26. The average molecular weight is 195 g/mol. The van der Waals surface area contributed by atoms with Gasteiger partial charge in [-0.05, 0) is 17.7 Å². The van der Waals surface area contributed by atoms with Gasteiger partial charge in [0.15, 0.2) is 0 Å². The summed E-state index contributed by atoms with van der Waals surface area (Å²) in [6, 6.07) is 7.02.